The molecule has 2 unspecified atom stereocenters. The van der Waals surface area contributed by atoms with E-state index in [2.05, 4.69) is 13.8 Å². The van der Waals surface area contributed by atoms with Crippen LogP contribution in [0.1, 0.15) is 39.2 Å². The highest BCUT2D eigenvalue weighted by molar-refractivity contribution is 5.20. The van der Waals surface area contributed by atoms with Gasteiger partial charge in [-0.05, 0) is 37.3 Å². The second-order valence-corrected chi connectivity index (χ2v) is 4.96. The molecule has 16 heavy (non-hydrogen) atoms. The zero-order chi connectivity index (χ0) is 12.2. The summed E-state index contributed by atoms with van der Waals surface area (Å²) in [5.41, 5.74) is 6.66. The molecule has 1 aromatic carbocycles. The molecule has 0 radical (unpaired) electrons. The summed E-state index contributed by atoms with van der Waals surface area (Å²) >= 11 is 0. The first-order chi connectivity index (χ1) is 7.47. The van der Waals surface area contributed by atoms with Crippen LogP contribution in [-0.2, 0) is 6.42 Å². The SMILES string of the molecule is CCCC(C)C(C)(N)Cc1ccccc1F. The summed E-state index contributed by atoms with van der Waals surface area (Å²) in [6.07, 6.45) is 2.80. The highest BCUT2D eigenvalue weighted by Crippen LogP contribution is 2.24. The van der Waals surface area contributed by atoms with E-state index in [0.29, 0.717) is 12.3 Å². The second-order valence-electron chi connectivity index (χ2n) is 4.96. The van der Waals surface area contributed by atoms with Crippen LogP contribution in [0.25, 0.3) is 0 Å². The summed E-state index contributed by atoms with van der Waals surface area (Å²) in [5, 5.41) is 0. The highest BCUT2D eigenvalue weighted by atomic mass is 19.1. The molecule has 1 rings (SSSR count). The van der Waals surface area contributed by atoms with Crippen molar-refractivity contribution in [3.05, 3.63) is 35.6 Å². The van der Waals surface area contributed by atoms with Crippen molar-refractivity contribution in [2.75, 3.05) is 0 Å². The predicted molar refractivity (Wildman–Crippen MR) is 66.8 cm³/mol. The molecule has 1 nitrogen and oxygen atoms in total. The molecule has 1 aromatic rings. The molecule has 2 atom stereocenters. The van der Waals surface area contributed by atoms with Gasteiger partial charge in [-0.3, -0.25) is 0 Å². The molecular formula is C14H22FN. The fraction of sp³-hybridized carbons (Fsp3) is 0.571. The summed E-state index contributed by atoms with van der Waals surface area (Å²) < 4.78 is 13.5. The van der Waals surface area contributed by atoms with Crippen molar-refractivity contribution in [3.8, 4) is 0 Å². The first-order valence-corrected chi connectivity index (χ1v) is 5.99. The van der Waals surface area contributed by atoms with Gasteiger partial charge in [0.25, 0.3) is 0 Å². The monoisotopic (exact) mass is 223 g/mol. The molecule has 0 aliphatic heterocycles. The summed E-state index contributed by atoms with van der Waals surface area (Å²) in [5.74, 6) is 0.250. The lowest BCUT2D eigenvalue weighted by atomic mass is 9.80. The lowest BCUT2D eigenvalue weighted by molar-refractivity contribution is 0.293. The van der Waals surface area contributed by atoms with Crippen molar-refractivity contribution in [1.82, 2.24) is 0 Å². The smallest absolute Gasteiger partial charge is 0.126 e. The number of hydrogen-bond acceptors (Lipinski definition) is 1. The van der Waals surface area contributed by atoms with E-state index in [4.69, 9.17) is 5.73 Å². The van der Waals surface area contributed by atoms with Crippen LogP contribution in [0.4, 0.5) is 4.39 Å². The molecule has 0 saturated heterocycles. The Morgan fingerprint density at radius 1 is 1.38 bits per heavy atom. The summed E-state index contributed by atoms with van der Waals surface area (Å²) in [6.45, 7) is 6.31. The van der Waals surface area contributed by atoms with E-state index in [9.17, 15) is 4.39 Å². The van der Waals surface area contributed by atoms with Gasteiger partial charge in [0.15, 0.2) is 0 Å². The maximum Gasteiger partial charge on any atom is 0.126 e. The Kier molecular flexibility index (Phi) is 4.48. The van der Waals surface area contributed by atoms with E-state index >= 15 is 0 Å². The van der Waals surface area contributed by atoms with Crippen molar-refractivity contribution < 1.29 is 4.39 Å². The van der Waals surface area contributed by atoms with Gasteiger partial charge in [0.1, 0.15) is 5.82 Å². The van der Waals surface area contributed by atoms with Crippen LogP contribution in [0.2, 0.25) is 0 Å². The van der Waals surface area contributed by atoms with E-state index in [1.165, 1.54) is 6.07 Å². The van der Waals surface area contributed by atoms with Gasteiger partial charge in [0, 0.05) is 5.54 Å². The Hall–Kier alpha value is -0.890. The van der Waals surface area contributed by atoms with Crippen LogP contribution < -0.4 is 5.73 Å². The topological polar surface area (TPSA) is 26.0 Å². The van der Waals surface area contributed by atoms with Gasteiger partial charge >= 0.3 is 0 Å². The van der Waals surface area contributed by atoms with Gasteiger partial charge in [0.2, 0.25) is 0 Å². The molecule has 2 N–H and O–H groups in total. The zero-order valence-corrected chi connectivity index (χ0v) is 10.5. The largest absolute Gasteiger partial charge is 0.325 e. The quantitative estimate of drug-likeness (QED) is 0.812. The average Bonchev–Trinajstić information content (AvgIpc) is 2.21. The number of hydrogen-bond donors (Lipinski definition) is 1. The molecule has 0 aliphatic carbocycles. The normalized spacial score (nSPS) is 16.8. The van der Waals surface area contributed by atoms with Gasteiger partial charge in [-0.1, -0.05) is 38.5 Å². The van der Waals surface area contributed by atoms with Crippen LogP contribution in [0.3, 0.4) is 0 Å². The molecule has 0 spiro atoms. The van der Waals surface area contributed by atoms with Crippen LogP contribution >= 0.6 is 0 Å². The molecule has 0 fully saturated rings. The Labute approximate surface area is 97.9 Å². The van der Waals surface area contributed by atoms with Gasteiger partial charge in [-0.25, -0.2) is 4.39 Å². The summed E-state index contributed by atoms with van der Waals surface area (Å²) in [6, 6.07) is 6.89. The Bertz CT molecular complexity index is 333. The van der Waals surface area contributed by atoms with E-state index in [1.54, 1.807) is 6.07 Å². The molecule has 0 saturated carbocycles. The molecule has 0 heterocycles. The predicted octanol–water partition coefficient (Wildman–Crippen LogP) is 3.52. The lowest BCUT2D eigenvalue weighted by Gasteiger charge is -2.32. The average molecular weight is 223 g/mol. The van der Waals surface area contributed by atoms with Crippen molar-refractivity contribution in [2.24, 2.45) is 11.7 Å². The molecular weight excluding hydrogens is 201 g/mol. The van der Waals surface area contributed by atoms with Gasteiger partial charge < -0.3 is 5.73 Å². The Morgan fingerprint density at radius 2 is 2.00 bits per heavy atom. The molecule has 0 aromatic heterocycles. The fourth-order valence-electron chi connectivity index (χ4n) is 1.99. The minimum Gasteiger partial charge on any atom is -0.325 e. The minimum absolute atomic E-state index is 0.150. The maximum atomic E-state index is 13.5. The molecule has 90 valence electrons. The van der Waals surface area contributed by atoms with Gasteiger partial charge in [-0.15, -0.1) is 0 Å². The van der Waals surface area contributed by atoms with Gasteiger partial charge in [0.05, 0.1) is 0 Å². The zero-order valence-electron chi connectivity index (χ0n) is 10.5. The molecule has 0 aliphatic rings. The van der Waals surface area contributed by atoms with E-state index in [1.807, 2.05) is 19.1 Å². The first-order valence-electron chi connectivity index (χ1n) is 5.99. The fourth-order valence-corrected chi connectivity index (χ4v) is 1.99. The second kappa shape index (κ2) is 5.44. The number of benzene rings is 1. The third-order valence-corrected chi connectivity index (χ3v) is 3.38. The molecule has 0 bridgehead atoms. The molecule has 2 heteroatoms. The van der Waals surface area contributed by atoms with Crippen molar-refractivity contribution >= 4 is 0 Å². The van der Waals surface area contributed by atoms with Crippen molar-refractivity contribution in [2.45, 2.75) is 45.6 Å². The standard InChI is InChI=1S/C14H22FN/c1-4-7-11(2)14(3,16)10-12-8-5-6-9-13(12)15/h5-6,8-9,11H,4,7,10,16H2,1-3H3. The van der Waals surface area contributed by atoms with Gasteiger partial charge in [-0.2, -0.15) is 0 Å². The first kappa shape index (κ1) is 13.2. The minimum atomic E-state index is -0.335. The third kappa shape index (κ3) is 3.31. The lowest BCUT2D eigenvalue weighted by Crippen LogP contribution is -2.45. The van der Waals surface area contributed by atoms with E-state index in [0.717, 1.165) is 18.4 Å². The Balaban J connectivity index is 2.76. The third-order valence-electron chi connectivity index (χ3n) is 3.38. The van der Waals surface area contributed by atoms with Crippen molar-refractivity contribution in [1.29, 1.82) is 0 Å². The maximum absolute atomic E-state index is 13.5. The number of rotatable bonds is 5. The number of nitrogens with two attached hydrogens (primary N) is 1. The van der Waals surface area contributed by atoms with Crippen LogP contribution in [0.15, 0.2) is 24.3 Å². The molecule has 0 amide bonds. The summed E-state index contributed by atoms with van der Waals surface area (Å²) in [4.78, 5) is 0. The Morgan fingerprint density at radius 3 is 2.56 bits per heavy atom. The summed E-state index contributed by atoms with van der Waals surface area (Å²) in [7, 11) is 0. The van der Waals surface area contributed by atoms with E-state index in [-0.39, 0.29) is 11.4 Å². The van der Waals surface area contributed by atoms with Crippen LogP contribution in [0.5, 0.6) is 0 Å². The highest BCUT2D eigenvalue weighted by Gasteiger charge is 2.26. The van der Waals surface area contributed by atoms with Crippen molar-refractivity contribution in [3.63, 3.8) is 0 Å². The van der Waals surface area contributed by atoms with E-state index < -0.39 is 0 Å². The van der Waals surface area contributed by atoms with Crippen LogP contribution in [0, 0.1) is 11.7 Å². The number of halogens is 1. The van der Waals surface area contributed by atoms with Crippen LogP contribution in [-0.4, -0.2) is 5.54 Å².